The van der Waals surface area contributed by atoms with Gasteiger partial charge in [0, 0.05) is 24.4 Å². The SMILES string of the molecule is COc1ccccc1C(C)N(C)C(=O)c1cccc(CS(C)(=O)=O)c1. The molecule has 25 heavy (non-hydrogen) atoms. The molecule has 6 heteroatoms. The summed E-state index contributed by atoms with van der Waals surface area (Å²) in [4.78, 5) is 14.4. The molecule has 0 bridgehead atoms. The zero-order valence-electron chi connectivity index (χ0n) is 14.9. The molecule has 1 unspecified atom stereocenters. The molecule has 0 aliphatic heterocycles. The van der Waals surface area contributed by atoms with Crippen LogP contribution in [0.2, 0.25) is 0 Å². The van der Waals surface area contributed by atoms with Gasteiger partial charge in [0.2, 0.25) is 0 Å². The van der Waals surface area contributed by atoms with Crippen molar-refractivity contribution in [3.8, 4) is 5.75 Å². The Labute approximate surface area is 149 Å². The lowest BCUT2D eigenvalue weighted by atomic mass is 10.0. The summed E-state index contributed by atoms with van der Waals surface area (Å²) in [7, 11) is 0.174. The van der Waals surface area contributed by atoms with Crippen molar-refractivity contribution in [3.05, 3.63) is 65.2 Å². The summed E-state index contributed by atoms with van der Waals surface area (Å²) in [5.41, 5.74) is 1.98. The second kappa shape index (κ2) is 7.70. The minimum Gasteiger partial charge on any atom is -0.496 e. The lowest BCUT2D eigenvalue weighted by Gasteiger charge is -2.26. The van der Waals surface area contributed by atoms with E-state index in [2.05, 4.69) is 0 Å². The molecule has 0 saturated carbocycles. The number of amides is 1. The van der Waals surface area contributed by atoms with E-state index in [1.165, 1.54) is 6.26 Å². The Morgan fingerprint density at radius 2 is 1.84 bits per heavy atom. The molecule has 0 saturated heterocycles. The fraction of sp³-hybridized carbons (Fsp3) is 0.316. The Hall–Kier alpha value is -2.34. The molecule has 0 spiro atoms. The largest absolute Gasteiger partial charge is 0.496 e. The molecule has 0 fully saturated rings. The molecule has 5 nitrogen and oxygen atoms in total. The number of rotatable bonds is 6. The van der Waals surface area contributed by atoms with E-state index in [-0.39, 0.29) is 17.7 Å². The number of hydrogen-bond donors (Lipinski definition) is 0. The third-order valence-corrected chi connectivity index (χ3v) is 4.95. The van der Waals surface area contributed by atoms with E-state index in [9.17, 15) is 13.2 Å². The summed E-state index contributed by atoms with van der Waals surface area (Å²) in [5.74, 6) is 0.467. The maximum Gasteiger partial charge on any atom is 0.254 e. The smallest absolute Gasteiger partial charge is 0.254 e. The van der Waals surface area contributed by atoms with Gasteiger partial charge in [0.25, 0.3) is 5.91 Å². The van der Waals surface area contributed by atoms with Crippen LogP contribution < -0.4 is 4.74 Å². The van der Waals surface area contributed by atoms with Gasteiger partial charge in [-0.15, -0.1) is 0 Å². The van der Waals surface area contributed by atoms with Crippen LogP contribution in [0.25, 0.3) is 0 Å². The molecular formula is C19H23NO4S. The van der Waals surface area contributed by atoms with Gasteiger partial charge in [0.05, 0.1) is 18.9 Å². The zero-order valence-corrected chi connectivity index (χ0v) is 15.7. The van der Waals surface area contributed by atoms with Crippen LogP contribution >= 0.6 is 0 Å². The molecule has 2 aromatic rings. The molecule has 0 aromatic heterocycles. The molecule has 0 aliphatic carbocycles. The number of hydrogen-bond acceptors (Lipinski definition) is 4. The lowest BCUT2D eigenvalue weighted by Crippen LogP contribution is -2.30. The Morgan fingerprint density at radius 1 is 1.16 bits per heavy atom. The maximum absolute atomic E-state index is 12.8. The van der Waals surface area contributed by atoms with Crippen molar-refractivity contribution in [2.24, 2.45) is 0 Å². The average Bonchev–Trinajstić information content (AvgIpc) is 2.58. The number of ether oxygens (including phenoxy) is 1. The van der Waals surface area contributed by atoms with Crippen LogP contribution in [0, 0.1) is 0 Å². The third-order valence-electron chi connectivity index (χ3n) is 4.09. The van der Waals surface area contributed by atoms with Crippen LogP contribution in [-0.4, -0.2) is 39.6 Å². The molecule has 2 rings (SSSR count). The van der Waals surface area contributed by atoms with E-state index in [1.54, 1.807) is 43.3 Å². The van der Waals surface area contributed by atoms with Crippen LogP contribution in [-0.2, 0) is 15.6 Å². The minimum absolute atomic E-state index is 0.0834. The average molecular weight is 361 g/mol. The van der Waals surface area contributed by atoms with Crippen LogP contribution in [0.5, 0.6) is 5.75 Å². The number of benzene rings is 2. The van der Waals surface area contributed by atoms with Crippen molar-refractivity contribution in [2.75, 3.05) is 20.4 Å². The van der Waals surface area contributed by atoms with Crippen molar-refractivity contribution in [1.82, 2.24) is 4.90 Å². The monoisotopic (exact) mass is 361 g/mol. The summed E-state index contributed by atoms with van der Waals surface area (Å²) < 4.78 is 28.3. The molecule has 0 radical (unpaired) electrons. The van der Waals surface area contributed by atoms with Gasteiger partial charge in [0.1, 0.15) is 5.75 Å². The van der Waals surface area contributed by atoms with Gasteiger partial charge in [-0.25, -0.2) is 8.42 Å². The zero-order chi connectivity index (χ0) is 18.6. The number of methoxy groups -OCH3 is 1. The molecule has 1 amide bonds. The van der Waals surface area contributed by atoms with Crippen molar-refractivity contribution >= 4 is 15.7 Å². The summed E-state index contributed by atoms with van der Waals surface area (Å²) >= 11 is 0. The quantitative estimate of drug-likeness (QED) is 0.793. The predicted octanol–water partition coefficient (Wildman–Crippen LogP) is 3.07. The van der Waals surface area contributed by atoms with Gasteiger partial charge in [-0.05, 0) is 30.7 Å². The van der Waals surface area contributed by atoms with Crippen molar-refractivity contribution in [3.63, 3.8) is 0 Å². The van der Waals surface area contributed by atoms with Gasteiger partial charge < -0.3 is 9.64 Å². The summed E-state index contributed by atoms with van der Waals surface area (Å²) in [6, 6.07) is 14.1. The first-order valence-electron chi connectivity index (χ1n) is 7.89. The van der Waals surface area contributed by atoms with Crippen LogP contribution in [0.3, 0.4) is 0 Å². The molecule has 2 aromatic carbocycles. The fourth-order valence-corrected chi connectivity index (χ4v) is 3.48. The van der Waals surface area contributed by atoms with E-state index >= 15 is 0 Å². The Morgan fingerprint density at radius 3 is 2.48 bits per heavy atom. The van der Waals surface area contributed by atoms with Crippen molar-refractivity contribution < 1.29 is 17.9 Å². The van der Waals surface area contributed by atoms with Crippen LogP contribution in [0.1, 0.15) is 34.5 Å². The Balaban J connectivity index is 2.26. The Kier molecular flexibility index (Phi) is 5.85. The predicted molar refractivity (Wildman–Crippen MR) is 98.5 cm³/mol. The van der Waals surface area contributed by atoms with E-state index in [0.717, 1.165) is 11.3 Å². The van der Waals surface area contributed by atoms with Crippen molar-refractivity contribution in [2.45, 2.75) is 18.7 Å². The highest BCUT2D eigenvalue weighted by Gasteiger charge is 2.21. The first-order valence-corrected chi connectivity index (χ1v) is 9.95. The molecule has 0 heterocycles. The van der Waals surface area contributed by atoms with E-state index in [4.69, 9.17) is 4.74 Å². The number of sulfone groups is 1. The van der Waals surface area contributed by atoms with Gasteiger partial charge in [-0.3, -0.25) is 4.79 Å². The molecule has 134 valence electrons. The standard InChI is InChI=1S/C19H23NO4S/c1-14(17-10-5-6-11-18(17)24-3)20(2)19(21)16-9-7-8-15(12-16)13-25(4,22)23/h5-12,14H,13H2,1-4H3. The first kappa shape index (κ1) is 19.0. The molecule has 0 N–H and O–H groups in total. The van der Waals surface area contributed by atoms with Crippen LogP contribution in [0.4, 0.5) is 0 Å². The number of nitrogens with zero attached hydrogens (tertiary/aromatic N) is 1. The minimum atomic E-state index is -3.15. The second-order valence-electron chi connectivity index (χ2n) is 6.10. The fourth-order valence-electron chi connectivity index (χ4n) is 2.70. The van der Waals surface area contributed by atoms with E-state index < -0.39 is 9.84 Å². The van der Waals surface area contributed by atoms with Gasteiger partial charge in [0.15, 0.2) is 9.84 Å². The topological polar surface area (TPSA) is 63.7 Å². The number of carbonyl (C=O) groups excluding carboxylic acids is 1. The third kappa shape index (κ3) is 4.82. The summed E-state index contributed by atoms with van der Waals surface area (Å²) in [6.45, 7) is 1.93. The van der Waals surface area contributed by atoms with E-state index in [0.29, 0.717) is 11.1 Å². The second-order valence-corrected chi connectivity index (χ2v) is 8.24. The van der Waals surface area contributed by atoms with Gasteiger partial charge in [-0.1, -0.05) is 30.3 Å². The molecular weight excluding hydrogens is 338 g/mol. The number of para-hydroxylation sites is 1. The van der Waals surface area contributed by atoms with Crippen molar-refractivity contribution in [1.29, 1.82) is 0 Å². The normalized spacial score (nSPS) is 12.5. The number of carbonyl (C=O) groups is 1. The highest BCUT2D eigenvalue weighted by atomic mass is 32.2. The molecule has 1 atom stereocenters. The van der Waals surface area contributed by atoms with Gasteiger partial charge in [-0.2, -0.15) is 0 Å². The van der Waals surface area contributed by atoms with E-state index in [1.807, 2.05) is 31.2 Å². The van der Waals surface area contributed by atoms with Crippen LogP contribution in [0.15, 0.2) is 48.5 Å². The highest BCUT2D eigenvalue weighted by molar-refractivity contribution is 7.89. The highest BCUT2D eigenvalue weighted by Crippen LogP contribution is 2.29. The lowest BCUT2D eigenvalue weighted by molar-refractivity contribution is 0.0741. The maximum atomic E-state index is 12.8. The first-order chi connectivity index (χ1) is 11.7. The Bertz CT molecular complexity index is 861. The molecule has 0 aliphatic rings. The summed E-state index contributed by atoms with van der Waals surface area (Å²) in [6.07, 6.45) is 1.18. The van der Waals surface area contributed by atoms with Gasteiger partial charge >= 0.3 is 0 Å². The summed E-state index contributed by atoms with van der Waals surface area (Å²) in [5, 5.41) is 0.